The summed E-state index contributed by atoms with van der Waals surface area (Å²) in [5, 5.41) is 11.9. The maximum atomic E-state index is 12.6. The summed E-state index contributed by atoms with van der Waals surface area (Å²) >= 11 is 0. The number of benzene rings is 1. The summed E-state index contributed by atoms with van der Waals surface area (Å²) in [6.45, 7) is 8.91. The molecule has 0 atom stereocenters. The normalized spacial score (nSPS) is 18.1. The first-order valence-corrected chi connectivity index (χ1v) is 10.2. The molecule has 0 unspecified atom stereocenters. The lowest BCUT2D eigenvalue weighted by Crippen LogP contribution is -2.50. The largest absolute Gasteiger partial charge is 0.353 e. The highest BCUT2D eigenvalue weighted by atomic mass is 16.2. The lowest BCUT2D eigenvalue weighted by atomic mass is 10.2. The average Bonchev–Trinajstić information content (AvgIpc) is 2.76. The number of urea groups is 1. The zero-order valence-electron chi connectivity index (χ0n) is 17.2. The van der Waals surface area contributed by atoms with Crippen LogP contribution >= 0.6 is 0 Å². The summed E-state index contributed by atoms with van der Waals surface area (Å²) in [7, 11) is 2.15. The van der Waals surface area contributed by atoms with Gasteiger partial charge in [-0.2, -0.15) is 0 Å². The van der Waals surface area contributed by atoms with Gasteiger partial charge in [-0.15, -0.1) is 10.2 Å². The van der Waals surface area contributed by atoms with Gasteiger partial charge in [0.1, 0.15) is 0 Å². The van der Waals surface area contributed by atoms with Crippen molar-refractivity contribution < 1.29 is 4.79 Å². The Morgan fingerprint density at radius 2 is 1.38 bits per heavy atom. The van der Waals surface area contributed by atoms with Crippen LogP contribution < -0.4 is 15.1 Å². The van der Waals surface area contributed by atoms with Crippen LogP contribution in [0.1, 0.15) is 5.56 Å². The van der Waals surface area contributed by atoms with Gasteiger partial charge in [-0.1, -0.05) is 18.2 Å². The summed E-state index contributed by atoms with van der Waals surface area (Å²) in [5.74, 6) is 1.82. The molecule has 1 N–H and O–H groups in total. The Morgan fingerprint density at radius 1 is 0.828 bits per heavy atom. The van der Waals surface area contributed by atoms with Crippen molar-refractivity contribution in [3.05, 3.63) is 42.0 Å². The number of likely N-dealkylation sites (N-methyl/N-ethyl adjacent to an activating group) is 1. The summed E-state index contributed by atoms with van der Waals surface area (Å²) < 4.78 is 0. The third kappa shape index (κ3) is 4.59. The van der Waals surface area contributed by atoms with E-state index in [0.29, 0.717) is 13.1 Å². The van der Waals surface area contributed by atoms with Crippen LogP contribution in [0.3, 0.4) is 0 Å². The summed E-state index contributed by atoms with van der Waals surface area (Å²) in [6.07, 6.45) is 0. The molecule has 0 spiro atoms. The molecule has 29 heavy (non-hydrogen) atoms. The van der Waals surface area contributed by atoms with Crippen molar-refractivity contribution in [3.8, 4) is 0 Å². The van der Waals surface area contributed by atoms with Gasteiger partial charge in [0.15, 0.2) is 11.6 Å². The van der Waals surface area contributed by atoms with E-state index in [-0.39, 0.29) is 6.03 Å². The minimum absolute atomic E-state index is 0.0459. The van der Waals surface area contributed by atoms with Gasteiger partial charge >= 0.3 is 6.03 Å². The van der Waals surface area contributed by atoms with Crippen molar-refractivity contribution in [1.82, 2.24) is 20.0 Å². The molecule has 8 nitrogen and oxygen atoms in total. The van der Waals surface area contributed by atoms with E-state index in [1.165, 1.54) is 0 Å². The fourth-order valence-corrected chi connectivity index (χ4v) is 3.74. The third-order valence-electron chi connectivity index (χ3n) is 5.74. The molecule has 0 saturated carbocycles. The lowest BCUT2D eigenvalue weighted by Gasteiger charge is -2.35. The van der Waals surface area contributed by atoms with Gasteiger partial charge in [0.25, 0.3) is 0 Å². The second kappa shape index (κ2) is 8.65. The molecule has 0 radical (unpaired) electrons. The number of nitrogens with one attached hydrogen (secondary N) is 1. The van der Waals surface area contributed by atoms with Crippen molar-refractivity contribution in [1.29, 1.82) is 0 Å². The number of hydrogen-bond donors (Lipinski definition) is 1. The van der Waals surface area contributed by atoms with Crippen LogP contribution in [-0.4, -0.2) is 85.4 Å². The predicted molar refractivity (Wildman–Crippen MR) is 116 cm³/mol. The second-order valence-electron chi connectivity index (χ2n) is 7.76. The van der Waals surface area contributed by atoms with E-state index in [4.69, 9.17) is 0 Å². The summed E-state index contributed by atoms with van der Waals surface area (Å²) in [5.41, 5.74) is 1.93. The van der Waals surface area contributed by atoms with Crippen LogP contribution in [0.2, 0.25) is 0 Å². The molecular weight excluding hydrogens is 366 g/mol. The first-order valence-electron chi connectivity index (χ1n) is 10.2. The highest BCUT2D eigenvalue weighted by molar-refractivity contribution is 5.90. The number of nitrogens with zero attached hydrogens (tertiary/aromatic N) is 6. The van der Waals surface area contributed by atoms with Crippen LogP contribution in [0.15, 0.2) is 36.4 Å². The second-order valence-corrected chi connectivity index (χ2v) is 7.76. The zero-order chi connectivity index (χ0) is 20.2. The molecule has 0 bridgehead atoms. The van der Waals surface area contributed by atoms with Gasteiger partial charge in [-0.3, -0.25) is 0 Å². The quantitative estimate of drug-likeness (QED) is 0.856. The smallest absolute Gasteiger partial charge is 0.321 e. The lowest BCUT2D eigenvalue weighted by molar-refractivity contribution is 0.208. The van der Waals surface area contributed by atoms with Crippen LogP contribution in [0.5, 0.6) is 0 Å². The molecule has 2 saturated heterocycles. The molecule has 154 valence electrons. The van der Waals surface area contributed by atoms with E-state index in [1.54, 1.807) is 0 Å². The van der Waals surface area contributed by atoms with Gasteiger partial charge in [0.05, 0.1) is 0 Å². The fourth-order valence-electron chi connectivity index (χ4n) is 3.74. The van der Waals surface area contributed by atoms with Crippen LogP contribution in [0, 0.1) is 6.92 Å². The molecular formula is C21H29N7O. The number of carbonyl (C=O) groups excluding carboxylic acids is 1. The first kappa shape index (κ1) is 19.4. The van der Waals surface area contributed by atoms with E-state index >= 15 is 0 Å². The maximum Gasteiger partial charge on any atom is 0.321 e. The molecule has 2 amide bonds. The number of carbonyl (C=O) groups is 1. The monoisotopic (exact) mass is 395 g/mol. The highest BCUT2D eigenvalue weighted by Crippen LogP contribution is 2.19. The van der Waals surface area contributed by atoms with Crippen molar-refractivity contribution in [2.24, 2.45) is 0 Å². The predicted octanol–water partition coefficient (Wildman–Crippen LogP) is 1.89. The van der Waals surface area contributed by atoms with Crippen molar-refractivity contribution in [2.75, 3.05) is 74.5 Å². The van der Waals surface area contributed by atoms with Gasteiger partial charge in [0, 0.05) is 58.0 Å². The van der Waals surface area contributed by atoms with Crippen molar-refractivity contribution >= 4 is 23.4 Å². The topological polar surface area (TPSA) is 67.8 Å². The molecule has 4 rings (SSSR count). The van der Waals surface area contributed by atoms with Crippen molar-refractivity contribution in [3.63, 3.8) is 0 Å². The molecule has 2 aliphatic heterocycles. The number of hydrogen-bond acceptors (Lipinski definition) is 6. The fraction of sp³-hybridized carbons (Fsp3) is 0.476. The number of aromatic nitrogens is 2. The number of para-hydroxylation sites is 1. The third-order valence-corrected chi connectivity index (χ3v) is 5.74. The minimum atomic E-state index is -0.0459. The SMILES string of the molecule is Cc1ccccc1NC(=O)N1CCN(c2ccc(N3CCN(C)CC3)nn2)CC1. The Kier molecular flexibility index (Phi) is 5.80. The standard InChI is InChI=1S/C21H29N7O/c1-17-5-3-4-6-18(17)22-21(29)28-15-13-27(14-16-28)20-8-7-19(23-24-20)26-11-9-25(2)10-12-26/h3-8H,9-16H2,1-2H3,(H,22,29). The van der Waals surface area contributed by atoms with Gasteiger partial charge < -0.3 is 24.9 Å². The van der Waals surface area contributed by atoms with Crippen LogP contribution in [-0.2, 0) is 0 Å². The van der Waals surface area contributed by atoms with Crippen LogP contribution in [0.4, 0.5) is 22.1 Å². The van der Waals surface area contributed by atoms with Gasteiger partial charge in [0.2, 0.25) is 0 Å². The molecule has 8 heteroatoms. The Balaban J connectivity index is 1.30. The average molecular weight is 396 g/mol. The van der Waals surface area contributed by atoms with E-state index in [2.05, 4.69) is 43.3 Å². The van der Waals surface area contributed by atoms with Crippen molar-refractivity contribution in [2.45, 2.75) is 6.92 Å². The molecule has 3 heterocycles. The first-order chi connectivity index (χ1) is 14.1. The number of aryl methyl sites for hydroxylation is 1. The molecule has 2 aliphatic rings. The maximum absolute atomic E-state index is 12.6. The number of rotatable bonds is 3. The van der Waals surface area contributed by atoms with E-state index in [0.717, 1.165) is 62.2 Å². The molecule has 0 aliphatic carbocycles. The Hall–Kier alpha value is -2.87. The molecule has 1 aromatic carbocycles. The van der Waals surface area contributed by atoms with E-state index in [1.807, 2.05) is 42.2 Å². The number of anilines is 3. The molecule has 1 aromatic heterocycles. The van der Waals surface area contributed by atoms with Gasteiger partial charge in [-0.05, 0) is 37.7 Å². The summed E-state index contributed by atoms with van der Waals surface area (Å²) in [6, 6.07) is 11.9. The minimum Gasteiger partial charge on any atom is -0.353 e. The number of amides is 2. The van der Waals surface area contributed by atoms with Crippen LogP contribution in [0.25, 0.3) is 0 Å². The molecule has 2 fully saturated rings. The highest BCUT2D eigenvalue weighted by Gasteiger charge is 2.23. The Labute approximate surface area is 172 Å². The Bertz CT molecular complexity index is 825. The Morgan fingerprint density at radius 3 is 1.93 bits per heavy atom. The van der Waals surface area contributed by atoms with Gasteiger partial charge in [-0.25, -0.2) is 4.79 Å². The number of piperazine rings is 2. The zero-order valence-corrected chi connectivity index (χ0v) is 17.2. The van der Waals surface area contributed by atoms with E-state index in [9.17, 15) is 4.79 Å². The molecule has 2 aromatic rings. The summed E-state index contributed by atoms with van der Waals surface area (Å²) in [4.78, 5) is 21.2. The van der Waals surface area contributed by atoms with E-state index < -0.39 is 0 Å².